The van der Waals surface area contributed by atoms with Crippen molar-refractivity contribution in [1.29, 1.82) is 0 Å². The predicted octanol–water partition coefficient (Wildman–Crippen LogP) is 4.48. The fourth-order valence-corrected chi connectivity index (χ4v) is 4.57. The average molecular weight is 543 g/mol. The predicted molar refractivity (Wildman–Crippen MR) is 143 cm³/mol. The number of nitrogens with zero attached hydrogens (tertiary/aromatic N) is 4. The molecule has 1 fully saturated rings. The molecule has 0 spiro atoms. The van der Waals surface area contributed by atoms with Crippen molar-refractivity contribution in [3.8, 4) is 5.75 Å². The molecule has 0 amide bonds. The van der Waals surface area contributed by atoms with Crippen LogP contribution in [0.5, 0.6) is 5.75 Å². The Morgan fingerprint density at radius 1 is 0.825 bits per heavy atom. The molecule has 0 bridgehead atoms. The Morgan fingerprint density at radius 2 is 1.43 bits per heavy atom. The molecule has 4 aromatic rings. The maximum absolute atomic E-state index is 13.0. The van der Waals surface area contributed by atoms with Gasteiger partial charge < -0.3 is 18.9 Å². The second-order valence-electron chi connectivity index (χ2n) is 9.68. The smallest absolute Gasteiger partial charge is 0.340 e. The third-order valence-electron chi connectivity index (χ3n) is 7.07. The van der Waals surface area contributed by atoms with Crippen molar-refractivity contribution in [3.05, 3.63) is 107 Å². The van der Waals surface area contributed by atoms with Gasteiger partial charge in [-0.3, -0.25) is 0 Å². The Balaban J connectivity index is 1.37. The highest BCUT2D eigenvalue weighted by Gasteiger charge is 2.48. The zero-order valence-electron chi connectivity index (χ0n) is 22.4. The van der Waals surface area contributed by atoms with Crippen molar-refractivity contribution in [2.75, 3.05) is 7.11 Å². The Bertz CT molecular complexity index is 1430. The summed E-state index contributed by atoms with van der Waals surface area (Å²) in [5, 5.41) is 13.0. The molecule has 1 aliphatic rings. The number of esters is 2. The average Bonchev–Trinajstić information content (AvgIpc) is 3.46. The van der Waals surface area contributed by atoms with Crippen LogP contribution in [0.25, 0.3) is 0 Å². The van der Waals surface area contributed by atoms with Crippen LogP contribution < -0.4 is 4.74 Å². The van der Waals surface area contributed by atoms with Crippen LogP contribution in [0.1, 0.15) is 52.1 Å². The van der Waals surface area contributed by atoms with Gasteiger partial charge in [0.2, 0.25) is 12.1 Å². The number of aromatic nitrogens is 4. The molecule has 5 atom stereocenters. The fourth-order valence-electron chi connectivity index (χ4n) is 4.57. The number of tetrazole rings is 1. The normalized spacial score (nSPS) is 22.3. The first-order chi connectivity index (χ1) is 19.4. The molecule has 1 aromatic heterocycles. The highest BCUT2D eigenvalue weighted by molar-refractivity contribution is 5.90. The standard InChI is InChI=1S/C30H30N4O6/c1-19-20(2)26(38-28(35)22-10-6-4-7-11-22)30(40-29(36)23-12-8-5-9-13-23)39-25(19)27-31-33-34(32-27)18-21-14-16-24(37-3)17-15-21/h4-17,19-20,25-26,30H,18H2,1-3H3/t19-,20+,25?,26?,30?/m1/s1. The third-order valence-corrected chi connectivity index (χ3v) is 7.07. The monoisotopic (exact) mass is 542 g/mol. The van der Waals surface area contributed by atoms with E-state index in [0.717, 1.165) is 11.3 Å². The van der Waals surface area contributed by atoms with Gasteiger partial charge in [-0.2, -0.15) is 4.80 Å². The highest BCUT2D eigenvalue weighted by Crippen LogP contribution is 2.40. The molecule has 3 unspecified atom stereocenters. The van der Waals surface area contributed by atoms with E-state index in [1.807, 2.05) is 44.2 Å². The van der Waals surface area contributed by atoms with Crippen LogP contribution in [0.4, 0.5) is 0 Å². The molecule has 10 heteroatoms. The number of hydrogen-bond acceptors (Lipinski definition) is 9. The summed E-state index contributed by atoms with van der Waals surface area (Å²) in [7, 11) is 1.62. The van der Waals surface area contributed by atoms with E-state index in [0.29, 0.717) is 23.5 Å². The summed E-state index contributed by atoms with van der Waals surface area (Å²) in [6, 6.07) is 24.8. The lowest BCUT2D eigenvalue weighted by molar-refractivity contribution is -0.252. The van der Waals surface area contributed by atoms with E-state index < -0.39 is 30.4 Å². The molecule has 40 heavy (non-hydrogen) atoms. The molecular weight excluding hydrogens is 512 g/mol. The van der Waals surface area contributed by atoms with Gasteiger partial charge in [-0.15, -0.1) is 10.2 Å². The molecule has 0 N–H and O–H groups in total. The lowest BCUT2D eigenvalue weighted by Crippen LogP contribution is -2.50. The Labute approximate surface area is 231 Å². The van der Waals surface area contributed by atoms with Gasteiger partial charge in [-0.05, 0) is 53.1 Å². The quantitative estimate of drug-likeness (QED) is 0.297. The summed E-state index contributed by atoms with van der Waals surface area (Å²) in [6.07, 6.45) is -2.70. The minimum absolute atomic E-state index is 0.195. The maximum Gasteiger partial charge on any atom is 0.340 e. The van der Waals surface area contributed by atoms with Crippen LogP contribution in [0, 0.1) is 11.8 Å². The first-order valence-corrected chi connectivity index (χ1v) is 13.0. The van der Waals surface area contributed by atoms with Gasteiger partial charge >= 0.3 is 11.9 Å². The molecule has 5 rings (SSSR count). The van der Waals surface area contributed by atoms with Crippen molar-refractivity contribution in [3.63, 3.8) is 0 Å². The number of benzene rings is 3. The van der Waals surface area contributed by atoms with E-state index in [2.05, 4.69) is 15.4 Å². The van der Waals surface area contributed by atoms with E-state index in [-0.39, 0.29) is 11.8 Å². The summed E-state index contributed by atoms with van der Waals surface area (Å²) in [5.74, 6) is -0.485. The van der Waals surface area contributed by atoms with Crippen molar-refractivity contribution in [2.45, 2.75) is 38.9 Å². The topological polar surface area (TPSA) is 115 Å². The van der Waals surface area contributed by atoms with Gasteiger partial charge in [-0.25, -0.2) is 9.59 Å². The molecule has 206 valence electrons. The minimum atomic E-state index is -1.19. The van der Waals surface area contributed by atoms with Crippen LogP contribution in [-0.2, 0) is 20.8 Å². The Morgan fingerprint density at radius 3 is 2.02 bits per heavy atom. The van der Waals surface area contributed by atoms with Gasteiger partial charge in [-0.1, -0.05) is 62.4 Å². The zero-order chi connectivity index (χ0) is 28.1. The molecule has 1 aliphatic heterocycles. The lowest BCUT2D eigenvalue weighted by Gasteiger charge is -2.42. The fraction of sp³-hybridized carbons (Fsp3) is 0.300. The Hall–Kier alpha value is -4.57. The van der Waals surface area contributed by atoms with Gasteiger partial charge in [0.25, 0.3) is 0 Å². The molecule has 3 aromatic carbocycles. The van der Waals surface area contributed by atoms with Crippen molar-refractivity contribution in [1.82, 2.24) is 20.2 Å². The first-order valence-electron chi connectivity index (χ1n) is 13.0. The van der Waals surface area contributed by atoms with Crippen LogP contribution in [0.15, 0.2) is 84.9 Å². The molecule has 2 heterocycles. The number of ether oxygens (including phenoxy) is 4. The van der Waals surface area contributed by atoms with E-state index >= 15 is 0 Å². The summed E-state index contributed by atoms with van der Waals surface area (Å²) in [4.78, 5) is 27.4. The molecule has 0 saturated carbocycles. The molecule has 0 radical (unpaired) electrons. The van der Waals surface area contributed by atoms with Crippen molar-refractivity contribution >= 4 is 11.9 Å². The zero-order valence-corrected chi connectivity index (χ0v) is 22.4. The minimum Gasteiger partial charge on any atom is -0.497 e. The van der Waals surface area contributed by atoms with Crippen LogP contribution in [-0.4, -0.2) is 51.6 Å². The molecule has 0 aliphatic carbocycles. The van der Waals surface area contributed by atoms with Gasteiger partial charge in [0.1, 0.15) is 11.9 Å². The van der Waals surface area contributed by atoms with Crippen LogP contribution in [0.2, 0.25) is 0 Å². The number of carbonyl (C=O) groups is 2. The summed E-state index contributed by atoms with van der Waals surface area (Å²) in [5.41, 5.74) is 1.71. The number of methoxy groups -OCH3 is 1. The number of carbonyl (C=O) groups excluding carboxylic acids is 2. The van der Waals surface area contributed by atoms with Crippen molar-refractivity contribution in [2.24, 2.45) is 11.8 Å². The first kappa shape index (κ1) is 27.0. The van der Waals surface area contributed by atoms with Gasteiger partial charge in [0.05, 0.1) is 24.8 Å². The van der Waals surface area contributed by atoms with Gasteiger partial charge in [0.15, 0.2) is 6.10 Å². The van der Waals surface area contributed by atoms with Crippen molar-refractivity contribution < 1.29 is 28.5 Å². The van der Waals surface area contributed by atoms with E-state index in [4.69, 9.17) is 18.9 Å². The SMILES string of the molecule is COc1ccc(Cn2nnc(C3OC(OC(=O)c4ccccc4)C(OC(=O)c4ccccc4)[C@@H](C)[C@H]3C)n2)cc1. The largest absolute Gasteiger partial charge is 0.497 e. The second-order valence-corrected chi connectivity index (χ2v) is 9.68. The second kappa shape index (κ2) is 12.1. The molecule has 10 nitrogen and oxygen atoms in total. The molecule has 1 saturated heterocycles. The summed E-state index contributed by atoms with van der Waals surface area (Å²) in [6.45, 7) is 4.28. The lowest BCUT2D eigenvalue weighted by atomic mass is 9.83. The van der Waals surface area contributed by atoms with Gasteiger partial charge in [0, 0.05) is 5.92 Å². The van der Waals surface area contributed by atoms with Crippen LogP contribution >= 0.6 is 0 Å². The molecular formula is C30H30N4O6. The van der Waals surface area contributed by atoms with E-state index in [1.54, 1.807) is 61.7 Å². The summed E-state index contributed by atoms with van der Waals surface area (Å²) >= 11 is 0. The maximum atomic E-state index is 13.0. The summed E-state index contributed by atoms with van der Waals surface area (Å²) < 4.78 is 23.2. The number of hydrogen-bond donors (Lipinski definition) is 0. The Kier molecular flexibility index (Phi) is 8.16. The highest BCUT2D eigenvalue weighted by atomic mass is 16.7. The van der Waals surface area contributed by atoms with E-state index in [1.165, 1.54) is 4.80 Å². The van der Waals surface area contributed by atoms with Crippen LogP contribution in [0.3, 0.4) is 0 Å². The van der Waals surface area contributed by atoms with E-state index in [9.17, 15) is 9.59 Å². The third kappa shape index (κ3) is 6.02. The number of rotatable bonds is 8.